The number of methoxy groups -OCH3 is 1. The molecule has 0 aliphatic rings. The first-order valence-corrected chi connectivity index (χ1v) is 13.1. The Hall–Kier alpha value is -2.39. The van der Waals surface area contributed by atoms with Gasteiger partial charge in [0.05, 0.1) is 18.3 Å². The highest BCUT2D eigenvalue weighted by molar-refractivity contribution is 6.73. The van der Waals surface area contributed by atoms with Crippen LogP contribution >= 0.6 is 0 Å². The summed E-state index contributed by atoms with van der Waals surface area (Å²) < 4.78 is 60.4. The number of hydrogen-bond acceptors (Lipinski definition) is 5. The van der Waals surface area contributed by atoms with Gasteiger partial charge in [0.25, 0.3) is 0 Å². The van der Waals surface area contributed by atoms with Crippen molar-refractivity contribution in [2.75, 3.05) is 13.7 Å². The minimum absolute atomic E-state index is 0.0540. The highest BCUT2D eigenvalue weighted by Gasteiger charge is 2.36. The topological polar surface area (TPSA) is 57.7 Å². The van der Waals surface area contributed by atoms with E-state index in [0.29, 0.717) is 0 Å². The second-order valence-electron chi connectivity index (χ2n) is 8.17. The SMILES string of the molecule is CC[Si](CC)(CC)OC(C)(C)COc1cc(F)c(-c2nc(C(=O)OC)ccc2F)c(F)c1. The van der Waals surface area contributed by atoms with Crippen LogP contribution in [0.25, 0.3) is 11.3 Å². The molecule has 0 atom stereocenters. The molecule has 176 valence electrons. The molecule has 1 aromatic heterocycles. The van der Waals surface area contributed by atoms with Gasteiger partial charge in [-0.25, -0.2) is 22.9 Å². The van der Waals surface area contributed by atoms with E-state index in [1.54, 1.807) is 0 Å². The van der Waals surface area contributed by atoms with Crippen molar-refractivity contribution in [3.63, 3.8) is 0 Å². The van der Waals surface area contributed by atoms with E-state index in [-0.39, 0.29) is 18.1 Å². The molecule has 0 aliphatic carbocycles. The fourth-order valence-corrected chi connectivity index (χ4v) is 6.70. The fraction of sp³-hybridized carbons (Fsp3) is 0.478. The Morgan fingerprint density at radius 1 is 1.00 bits per heavy atom. The van der Waals surface area contributed by atoms with Crippen molar-refractivity contribution >= 4 is 14.3 Å². The van der Waals surface area contributed by atoms with E-state index in [4.69, 9.17) is 9.16 Å². The lowest BCUT2D eigenvalue weighted by atomic mass is 10.1. The Balaban J connectivity index is 2.28. The molecular weight excluding hydrogens is 439 g/mol. The van der Waals surface area contributed by atoms with Crippen LogP contribution in [-0.2, 0) is 9.16 Å². The molecule has 0 unspecified atom stereocenters. The molecule has 5 nitrogen and oxygen atoms in total. The second kappa shape index (κ2) is 10.5. The maximum Gasteiger partial charge on any atom is 0.356 e. The van der Waals surface area contributed by atoms with Gasteiger partial charge in [-0.15, -0.1) is 0 Å². The fourth-order valence-electron chi connectivity index (χ4n) is 3.53. The first-order chi connectivity index (χ1) is 15.0. The zero-order valence-corrected chi connectivity index (χ0v) is 20.4. The predicted octanol–water partition coefficient (Wildman–Crippen LogP) is 6.13. The molecule has 1 heterocycles. The average molecular weight is 470 g/mol. The first kappa shape index (κ1) is 25.9. The van der Waals surface area contributed by atoms with Crippen LogP contribution in [-0.4, -0.2) is 38.6 Å². The number of hydrogen-bond donors (Lipinski definition) is 0. The Morgan fingerprint density at radius 3 is 2.06 bits per heavy atom. The molecular formula is C23H30F3NO4Si. The van der Waals surface area contributed by atoms with E-state index >= 15 is 0 Å². The van der Waals surface area contributed by atoms with E-state index in [2.05, 4.69) is 30.5 Å². The Kier molecular flexibility index (Phi) is 8.47. The van der Waals surface area contributed by atoms with Gasteiger partial charge in [-0.2, -0.15) is 0 Å². The molecule has 0 saturated heterocycles. The van der Waals surface area contributed by atoms with Crippen LogP contribution in [0, 0.1) is 17.5 Å². The van der Waals surface area contributed by atoms with Crippen molar-refractivity contribution in [3.8, 4) is 17.0 Å². The van der Waals surface area contributed by atoms with Crippen molar-refractivity contribution in [2.45, 2.75) is 58.4 Å². The van der Waals surface area contributed by atoms with Crippen LogP contribution < -0.4 is 4.74 Å². The summed E-state index contributed by atoms with van der Waals surface area (Å²) in [6.45, 7) is 10.2. The monoisotopic (exact) mass is 469 g/mol. The molecule has 0 bridgehead atoms. The minimum atomic E-state index is -1.91. The summed E-state index contributed by atoms with van der Waals surface area (Å²) in [5, 5.41) is 0. The van der Waals surface area contributed by atoms with E-state index in [1.807, 2.05) is 13.8 Å². The maximum atomic E-state index is 14.8. The van der Waals surface area contributed by atoms with Crippen molar-refractivity contribution in [1.82, 2.24) is 4.98 Å². The predicted molar refractivity (Wildman–Crippen MR) is 119 cm³/mol. The summed E-state index contributed by atoms with van der Waals surface area (Å²) in [6.07, 6.45) is 0. The van der Waals surface area contributed by atoms with Crippen molar-refractivity contribution < 1.29 is 31.9 Å². The van der Waals surface area contributed by atoms with Gasteiger partial charge in [0.15, 0.2) is 8.32 Å². The largest absolute Gasteiger partial charge is 0.490 e. The molecule has 2 rings (SSSR count). The number of nitrogens with zero attached hydrogens (tertiary/aromatic N) is 1. The van der Waals surface area contributed by atoms with Crippen molar-refractivity contribution in [3.05, 3.63) is 47.4 Å². The van der Waals surface area contributed by atoms with E-state index in [9.17, 15) is 18.0 Å². The van der Waals surface area contributed by atoms with Gasteiger partial charge in [-0.1, -0.05) is 20.8 Å². The van der Waals surface area contributed by atoms with Crippen molar-refractivity contribution in [2.24, 2.45) is 0 Å². The number of aromatic nitrogens is 1. The van der Waals surface area contributed by atoms with Gasteiger partial charge in [-0.3, -0.25) is 0 Å². The van der Waals surface area contributed by atoms with Crippen LogP contribution in [0.2, 0.25) is 18.1 Å². The van der Waals surface area contributed by atoms with Crippen LogP contribution in [0.4, 0.5) is 13.2 Å². The summed E-state index contributed by atoms with van der Waals surface area (Å²) in [4.78, 5) is 15.4. The minimum Gasteiger partial charge on any atom is -0.490 e. The van der Waals surface area contributed by atoms with Crippen LogP contribution in [0.3, 0.4) is 0 Å². The molecule has 0 radical (unpaired) electrons. The molecule has 0 N–H and O–H groups in total. The summed E-state index contributed by atoms with van der Waals surface area (Å²) in [6, 6.07) is 6.80. The van der Waals surface area contributed by atoms with Gasteiger partial charge < -0.3 is 13.9 Å². The number of pyridine rings is 1. The zero-order chi connectivity index (χ0) is 24.1. The average Bonchev–Trinajstić information content (AvgIpc) is 2.76. The molecule has 0 fully saturated rings. The van der Waals surface area contributed by atoms with Gasteiger partial charge in [0.1, 0.15) is 41.2 Å². The highest BCUT2D eigenvalue weighted by Crippen LogP contribution is 2.32. The van der Waals surface area contributed by atoms with E-state index < -0.39 is 48.6 Å². The second-order valence-corrected chi connectivity index (χ2v) is 12.9. The number of esters is 1. The number of halogens is 3. The summed E-state index contributed by atoms with van der Waals surface area (Å²) >= 11 is 0. The molecule has 9 heteroatoms. The smallest absolute Gasteiger partial charge is 0.356 e. The maximum absolute atomic E-state index is 14.8. The van der Waals surface area contributed by atoms with Crippen LogP contribution in [0.15, 0.2) is 24.3 Å². The van der Waals surface area contributed by atoms with Crippen LogP contribution in [0.1, 0.15) is 45.1 Å². The lowest BCUT2D eigenvalue weighted by Crippen LogP contribution is -2.47. The number of carbonyl (C=O) groups excluding carboxylic acids is 1. The van der Waals surface area contributed by atoms with Gasteiger partial charge in [-0.05, 0) is 44.1 Å². The summed E-state index contributed by atoms with van der Waals surface area (Å²) in [5.74, 6) is -4.00. The standard InChI is InChI=1S/C23H30F3NO4Si/c1-7-32(8-2,9-3)31-23(4,5)14-30-15-12-17(25)20(18(26)13-15)21-16(24)10-11-19(27-21)22(28)29-6/h10-13H,7-9,14H2,1-6H3. The lowest BCUT2D eigenvalue weighted by molar-refractivity contribution is 0.0412. The Bertz CT molecular complexity index is 933. The Morgan fingerprint density at radius 2 is 1.56 bits per heavy atom. The first-order valence-electron chi connectivity index (χ1n) is 10.6. The number of benzene rings is 1. The lowest BCUT2D eigenvalue weighted by Gasteiger charge is -2.38. The summed E-state index contributed by atoms with van der Waals surface area (Å²) in [5.41, 5.74) is -2.23. The molecule has 0 aliphatic heterocycles. The normalized spacial score (nSPS) is 12.0. The molecule has 1 aromatic carbocycles. The number of rotatable bonds is 10. The zero-order valence-electron chi connectivity index (χ0n) is 19.4. The van der Waals surface area contributed by atoms with E-state index in [0.717, 1.165) is 49.5 Å². The quantitative estimate of drug-likeness (QED) is 0.309. The van der Waals surface area contributed by atoms with Crippen molar-refractivity contribution in [1.29, 1.82) is 0 Å². The van der Waals surface area contributed by atoms with Gasteiger partial charge in [0, 0.05) is 12.1 Å². The number of carbonyl (C=O) groups is 1. The number of ether oxygens (including phenoxy) is 2. The van der Waals surface area contributed by atoms with Crippen LogP contribution in [0.5, 0.6) is 5.75 Å². The molecule has 0 amide bonds. The third-order valence-corrected chi connectivity index (χ3v) is 10.4. The molecule has 0 spiro atoms. The molecule has 32 heavy (non-hydrogen) atoms. The van der Waals surface area contributed by atoms with E-state index in [1.165, 1.54) is 0 Å². The third kappa shape index (κ3) is 5.89. The van der Waals surface area contributed by atoms with Gasteiger partial charge in [0.2, 0.25) is 0 Å². The Labute approximate surface area is 188 Å². The third-order valence-electron chi connectivity index (χ3n) is 5.51. The molecule has 2 aromatic rings. The molecule has 0 saturated carbocycles. The summed E-state index contributed by atoms with van der Waals surface area (Å²) in [7, 11) is -0.781. The highest BCUT2D eigenvalue weighted by atomic mass is 28.4. The van der Waals surface area contributed by atoms with Gasteiger partial charge >= 0.3 is 5.97 Å².